The van der Waals surface area contributed by atoms with E-state index in [-0.39, 0.29) is 6.04 Å². The van der Waals surface area contributed by atoms with Crippen LogP contribution in [0.1, 0.15) is 42.9 Å². The number of aryl methyl sites for hydroxylation is 1. The molecule has 0 amide bonds. The van der Waals surface area contributed by atoms with Gasteiger partial charge in [0, 0.05) is 11.4 Å². The number of allylic oxidation sites excluding steroid dienone is 4. The summed E-state index contributed by atoms with van der Waals surface area (Å²) in [5, 5.41) is 3.65. The summed E-state index contributed by atoms with van der Waals surface area (Å²) in [5.74, 6) is 0. The highest BCUT2D eigenvalue weighted by Gasteiger charge is 2.11. The molecule has 0 spiro atoms. The molecular formula is C24H30N2S. The summed E-state index contributed by atoms with van der Waals surface area (Å²) in [6.45, 7) is 4.11. The Balaban J connectivity index is 1.46. The van der Waals surface area contributed by atoms with E-state index in [0.717, 1.165) is 25.9 Å². The Hall–Kier alpha value is -1.81. The van der Waals surface area contributed by atoms with Crippen LogP contribution in [0.25, 0.3) is 0 Å². The lowest BCUT2D eigenvalue weighted by Gasteiger charge is -2.19. The Labute approximate surface area is 168 Å². The van der Waals surface area contributed by atoms with Crippen LogP contribution in [0.15, 0.2) is 83.3 Å². The van der Waals surface area contributed by atoms with E-state index in [9.17, 15) is 0 Å². The summed E-state index contributed by atoms with van der Waals surface area (Å²) in [6, 6.07) is 19.7. The lowest BCUT2D eigenvalue weighted by Crippen LogP contribution is -2.29. The molecule has 1 aliphatic rings. The van der Waals surface area contributed by atoms with Crippen molar-refractivity contribution in [2.45, 2.75) is 43.5 Å². The molecule has 2 aromatic rings. The van der Waals surface area contributed by atoms with Crippen molar-refractivity contribution in [1.29, 1.82) is 0 Å². The molecule has 0 saturated carbocycles. The predicted molar refractivity (Wildman–Crippen MR) is 118 cm³/mol. The van der Waals surface area contributed by atoms with Gasteiger partial charge in [-0.2, -0.15) is 0 Å². The lowest BCUT2D eigenvalue weighted by atomic mass is 10.0. The quantitative estimate of drug-likeness (QED) is 0.302. The summed E-state index contributed by atoms with van der Waals surface area (Å²) in [7, 11) is 0. The van der Waals surface area contributed by atoms with Crippen molar-refractivity contribution in [3.8, 4) is 0 Å². The minimum Gasteiger partial charge on any atom is -0.315 e. The first-order valence-corrected chi connectivity index (χ1v) is 10.7. The molecule has 0 heterocycles. The van der Waals surface area contributed by atoms with Gasteiger partial charge in [-0.3, -0.25) is 4.72 Å². The molecule has 142 valence electrons. The summed E-state index contributed by atoms with van der Waals surface area (Å²) >= 11 is 1.71. The molecule has 0 bridgehead atoms. The lowest BCUT2D eigenvalue weighted by molar-refractivity contribution is 0.560. The third-order valence-corrected chi connectivity index (χ3v) is 5.74. The fourth-order valence-corrected chi connectivity index (χ4v) is 3.97. The highest BCUT2D eigenvalue weighted by atomic mass is 32.2. The third-order valence-electron chi connectivity index (χ3n) is 4.83. The van der Waals surface area contributed by atoms with Gasteiger partial charge in [-0.05, 0) is 68.8 Å². The second kappa shape index (κ2) is 11.1. The molecule has 2 N–H and O–H groups in total. The molecule has 3 rings (SSSR count). The molecule has 0 unspecified atom stereocenters. The molecule has 0 aliphatic heterocycles. The van der Waals surface area contributed by atoms with Gasteiger partial charge in [-0.25, -0.2) is 0 Å². The van der Waals surface area contributed by atoms with Gasteiger partial charge >= 0.3 is 0 Å². The maximum Gasteiger partial charge on any atom is 0.0549 e. The second-order valence-electron chi connectivity index (χ2n) is 7.08. The smallest absolute Gasteiger partial charge is 0.0549 e. The van der Waals surface area contributed by atoms with Crippen molar-refractivity contribution in [2.75, 3.05) is 13.1 Å². The van der Waals surface area contributed by atoms with Gasteiger partial charge in [0.1, 0.15) is 0 Å². The number of nitrogens with one attached hydrogen (secondary N) is 2. The first-order chi connectivity index (χ1) is 13.3. The molecule has 3 heteroatoms. The number of hydrogen-bond acceptors (Lipinski definition) is 3. The van der Waals surface area contributed by atoms with Crippen molar-refractivity contribution >= 4 is 11.9 Å². The van der Waals surface area contributed by atoms with E-state index in [2.05, 4.69) is 89.8 Å². The maximum absolute atomic E-state index is 3.65. The van der Waals surface area contributed by atoms with E-state index in [4.69, 9.17) is 0 Å². The Kier molecular flexibility index (Phi) is 8.22. The van der Waals surface area contributed by atoms with Crippen LogP contribution in [-0.4, -0.2) is 13.1 Å². The molecule has 0 saturated heterocycles. The van der Waals surface area contributed by atoms with Crippen molar-refractivity contribution in [1.82, 2.24) is 10.0 Å². The van der Waals surface area contributed by atoms with Gasteiger partial charge in [0.05, 0.1) is 6.04 Å². The predicted octanol–water partition coefficient (Wildman–Crippen LogP) is 5.98. The van der Waals surface area contributed by atoms with Crippen molar-refractivity contribution < 1.29 is 0 Å². The Bertz CT molecular complexity index is 735. The van der Waals surface area contributed by atoms with Crippen LogP contribution in [-0.2, 0) is 0 Å². The molecule has 0 fully saturated rings. The summed E-state index contributed by atoms with van der Waals surface area (Å²) in [4.78, 5) is 1.25. The number of benzene rings is 2. The zero-order valence-corrected chi connectivity index (χ0v) is 17.0. The van der Waals surface area contributed by atoms with Crippen LogP contribution in [0.2, 0.25) is 0 Å². The van der Waals surface area contributed by atoms with E-state index in [1.807, 2.05) is 0 Å². The monoisotopic (exact) mass is 378 g/mol. The number of rotatable bonds is 10. The van der Waals surface area contributed by atoms with Gasteiger partial charge in [0.15, 0.2) is 0 Å². The largest absolute Gasteiger partial charge is 0.315 e. The summed E-state index contributed by atoms with van der Waals surface area (Å²) in [5.41, 5.74) is 4.21. The SMILES string of the molecule is Cc1ccc(SN[C@@H](CNCCCC2=CCC=CC2)c2ccccc2)cc1. The van der Waals surface area contributed by atoms with E-state index in [1.165, 1.54) is 28.9 Å². The second-order valence-corrected chi connectivity index (χ2v) is 7.99. The molecule has 2 nitrogen and oxygen atoms in total. The van der Waals surface area contributed by atoms with Gasteiger partial charge in [-0.15, -0.1) is 0 Å². The first kappa shape index (κ1) is 19.9. The Morgan fingerprint density at radius 3 is 2.56 bits per heavy atom. The topological polar surface area (TPSA) is 24.1 Å². The van der Waals surface area contributed by atoms with Crippen LogP contribution in [0.5, 0.6) is 0 Å². The van der Waals surface area contributed by atoms with Gasteiger partial charge in [-0.1, -0.05) is 71.8 Å². The van der Waals surface area contributed by atoms with E-state index in [1.54, 1.807) is 17.5 Å². The highest BCUT2D eigenvalue weighted by Crippen LogP contribution is 2.21. The minimum absolute atomic E-state index is 0.286. The molecule has 1 aliphatic carbocycles. The van der Waals surface area contributed by atoms with Crippen LogP contribution in [0.3, 0.4) is 0 Å². The van der Waals surface area contributed by atoms with E-state index >= 15 is 0 Å². The van der Waals surface area contributed by atoms with Crippen LogP contribution < -0.4 is 10.0 Å². The molecule has 0 aromatic heterocycles. The highest BCUT2D eigenvalue weighted by molar-refractivity contribution is 7.97. The van der Waals surface area contributed by atoms with Gasteiger partial charge in [0.25, 0.3) is 0 Å². The van der Waals surface area contributed by atoms with E-state index in [0.29, 0.717) is 0 Å². The van der Waals surface area contributed by atoms with Crippen molar-refractivity contribution in [3.63, 3.8) is 0 Å². The number of hydrogen-bond donors (Lipinski definition) is 2. The molecule has 0 radical (unpaired) electrons. The van der Waals surface area contributed by atoms with Gasteiger partial charge in [0.2, 0.25) is 0 Å². The van der Waals surface area contributed by atoms with Crippen LogP contribution in [0, 0.1) is 6.92 Å². The third kappa shape index (κ3) is 7.02. The first-order valence-electron chi connectivity index (χ1n) is 9.89. The zero-order chi connectivity index (χ0) is 18.7. The van der Waals surface area contributed by atoms with Crippen LogP contribution >= 0.6 is 11.9 Å². The van der Waals surface area contributed by atoms with Crippen molar-refractivity contribution in [3.05, 3.63) is 89.5 Å². The minimum atomic E-state index is 0.286. The molecule has 27 heavy (non-hydrogen) atoms. The maximum atomic E-state index is 3.65. The van der Waals surface area contributed by atoms with E-state index < -0.39 is 0 Å². The standard InChI is InChI=1S/C24H30N2S/c1-20-14-16-23(17-15-20)27-26-24(22-12-6-3-7-13-22)19-25-18-8-11-21-9-4-2-5-10-21/h2-4,6-7,10,12-17,24-26H,5,8-9,11,18-19H2,1H3/t24-/m0/s1. The van der Waals surface area contributed by atoms with Crippen molar-refractivity contribution in [2.24, 2.45) is 0 Å². The zero-order valence-electron chi connectivity index (χ0n) is 16.2. The Morgan fingerprint density at radius 1 is 1.00 bits per heavy atom. The van der Waals surface area contributed by atoms with Gasteiger partial charge < -0.3 is 5.32 Å². The summed E-state index contributed by atoms with van der Waals surface area (Å²) in [6.07, 6.45) is 11.6. The molecular weight excluding hydrogens is 348 g/mol. The summed E-state index contributed by atoms with van der Waals surface area (Å²) < 4.78 is 3.65. The average molecular weight is 379 g/mol. The average Bonchev–Trinajstić information content (AvgIpc) is 2.72. The van der Waals surface area contributed by atoms with Crippen LogP contribution in [0.4, 0.5) is 0 Å². The Morgan fingerprint density at radius 2 is 1.81 bits per heavy atom. The fraction of sp³-hybridized carbons (Fsp3) is 0.333. The molecule has 2 aromatic carbocycles. The normalized spacial score (nSPS) is 14.8. The fourth-order valence-electron chi connectivity index (χ4n) is 3.20. The molecule has 1 atom stereocenters.